The zero-order chi connectivity index (χ0) is 22.2. The van der Waals surface area contributed by atoms with Crippen molar-refractivity contribution in [2.75, 3.05) is 14.2 Å². The average Bonchev–Trinajstić information content (AvgIpc) is 3.09. The molecular weight excluding hydrogens is 416 g/mol. The molecule has 0 unspecified atom stereocenters. The van der Waals surface area contributed by atoms with Crippen LogP contribution in [0.15, 0.2) is 47.4 Å². The Hall–Kier alpha value is -3.13. The number of Topliss-reactive ketones (excluding diaryl/α,β-unsaturated/α-hetero) is 1. The first-order chi connectivity index (χ1) is 14.9. The van der Waals surface area contributed by atoms with Gasteiger partial charge in [-0.1, -0.05) is 24.3 Å². The van der Waals surface area contributed by atoms with E-state index in [0.717, 1.165) is 5.56 Å². The Kier molecular flexibility index (Phi) is 5.58. The van der Waals surface area contributed by atoms with E-state index < -0.39 is 9.84 Å². The molecule has 0 atom stereocenters. The fourth-order valence-corrected chi connectivity index (χ4v) is 5.67. The monoisotopic (exact) mass is 440 g/mol. The first kappa shape index (κ1) is 21.1. The van der Waals surface area contributed by atoms with Crippen molar-refractivity contribution in [3.8, 4) is 22.8 Å². The van der Waals surface area contributed by atoms with E-state index in [1.165, 1.54) is 0 Å². The number of aromatic nitrogens is 2. The summed E-state index contributed by atoms with van der Waals surface area (Å²) in [6.07, 6.45) is 1.57. The molecule has 4 rings (SSSR count). The predicted molar refractivity (Wildman–Crippen MR) is 116 cm³/mol. The number of carbonyl (C=O) groups is 1. The Morgan fingerprint density at radius 1 is 1.10 bits per heavy atom. The van der Waals surface area contributed by atoms with Crippen LogP contribution in [0.3, 0.4) is 0 Å². The third-order valence-corrected chi connectivity index (χ3v) is 7.23. The number of carbonyl (C=O) groups excluding carboxylic acids is 1. The Bertz CT molecular complexity index is 1260. The van der Waals surface area contributed by atoms with Crippen LogP contribution in [0.2, 0.25) is 0 Å². The molecule has 31 heavy (non-hydrogen) atoms. The third-order valence-electron chi connectivity index (χ3n) is 5.54. The van der Waals surface area contributed by atoms with Crippen LogP contribution in [0.4, 0.5) is 0 Å². The molecule has 162 valence electrons. The first-order valence-electron chi connectivity index (χ1n) is 9.98. The second kappa shape index (κ2) is 8.19. The van der Waals surface area contributed by atoms with E-state index in [1.807, 2.05) is 18.2 Å². The number of rotatable bonds is 7. The van der Waals surface area contributed by atoms with Crippen molar-refractivity contribution in [3.05, 3.63) is 59.3 Å². The molecule has 0 aliphatic carbocycles. The summed E-state index contributed by atoms with van der Waals surface area (Å²) >= 11 is 0. The molecule has 1 aliphatic rings. The van der Waals surface area contributed by atoms with Crippen LogP contribution in [0.1, 0.15) is 34.5 Å². The molecule has 0 radical (unpaired) electrons. The summed E-state index contributed by atoms with van der Waals surface area (Å²) < 4.78 is 37.7. The molecule has 0 spiro atoms. The van der Waals surface area contributed by atoms with E-state index in [-0.39, 0.29) is 28.5 Å². The molecule has 2 aromatic carbocycles. The number of nitrogens with zero attached hydrogens (tertiary/aromatic N) is 2. The van der Waals surface area contributed by atoms with Gasteiger partial charge in [0.05, 0.1) is 30.6 Å². The number of hydrogen-bond acceptors (Lipinski definition) is 6. The number of fused-ring (bicyclic) bond motifs is 3. The van der Waals surface area contributed by atoms with Crippen LogP contribution in [-0.4, -0.2) is 38.2 Å². The Morgan fingerprint density at radius 2 is 1.84 bits per heavy atom. The van der Waals surface area contributed by atoms with Gasteiger partial charge in [-0.25, -0.2) is 8.42 Å². The summed E-state index contributed by atoms with van der Waals surface area (Å²) in [7, 11) is 1.41. The van der Waals surface area contributed by atoms with E-state index in [2.05, 4.69) is 5.10 Å². The number of aryl methyl sites for hydroxylation is 2. The Balaban J connectivity index is 1.54. The van der Waals surface area contributed by atoms with Gasteiger partial charge in [-0.15, -0.1) is 0 Å². The highest BCUT2D eigenvalue weighted by Gasteiger charge is 2.34. The third kappa shape index (κ3) is 3.83. The Labute approximate surface area is 181 Å². The normalized spacial score (nSPS) is 13.9. The predicted octanol–water partition coefficient (Wildman–Crippen LogP) is 3.60. The maximum atomic E-state index is 13.0. The SMILES string of the molecule is COc1ccc(CCCC(=O)c2nn(C)c3c2CS(=O)(=O)c2ccccc2-3)cc1OC. The van der Waals surface area contributed by atoms with E-state index in [1.54, 1.807) is 50.2 Å². The van der Waals surface area contributed by atoms with E-state index >= 15 is 0 Å². The van der Waals surface area contributed by atoms with Gasteiger partial charge in [-0.05, 0) is 36.6 Å². The zero-order valence-corrected chi connectivity index (χ0v) is 18.5. The molecule has 0 fully saturated rings. The number of sulfone groups is 1. The maximum absolute atomic E-state index is 13.0. The summed E-state index contributed by atoms with van der Waals surface area (Å²) in [5, 5.41) is 4.40. The van der Waals surface area contributed by atoms with Gasteiger partial charge >= 0.3 is 0 Å². The van der Waals surface area contributed by atoms with Crippen molar-refractivity contribution in [3.63, 3.8) is 0 Å². The molecule has 0 N–H and O–H groups in total. The minimum absolute atomic E-state index is 0.146. The highest BCUT2D eigenvalue weighted by molar-refractivity contribution is 7.90. The molecule has 3 aromatic rings. The summed E-state index contributed by atoms with van der Waals surface area (Å²) in [6.45, 7) is 0. The lowest BCUT2D eigenvalue weighted by molar-refractivity contribution is 0.0974. The summed E-state index contributed by atoms with van der Waals surface area (Å²) in [5.41, 5.74) is 3.09. The minimum Gasteiger partial charge on any atom is -0.493 e. The summed E-state index contributed by atoms with van der Waals surface area (Å²) in [4.78, 5) is 13.2. The smallest absolute Gasteiger partial charge is 0.183 e. The van der Waals surface area contributed by atoms with E-state index in [4.69, 9.17) is 9.47 Å². The van der Waals surface area contributed by atoms with E-state index in [9.17, 15) is 13.2 Å². The van der Waals surface area contributed by atoms with Crippen molar-refractivity contribution in [1.82, 2.24) is 9.78 Å². The van der Waals surface area contributed by atoms with Crippen molar-refractivity contribution in [2.24, 2.45) is 7.05 Å². The van der Waals surface area contributed by atoms with Crippen LogP contribution in [0.25, 0.3) is 11.3 Å². The lowest BCUT2D eigenvalue weighted by Crippen LogP contribution is -2.15. The molecule has 2 heterocycles. The van der Waals surface area contributed by atoms with Gasteiger partial charge in [-0.3, -0.25) is 9.48 Å². The molecule has 8 heteroatoms. The second-order valence-electron chi connectivity index (χ2n) is 7.52. The quantitative estimate of drug-likeness (QED) is 0.522. The maximum Gasteiger partial charge on any atom is 0.183 e. The van der Waals surface area contributed by atoms with Crippen LogP contribution >= 0.6 is 0 Å². The molecule has 0 amide bonds. The molecular formula is C23H24N2O5S. The lowest BCUT2D eigenvalue weighted by Gasteiger charge is -2.17. The molecule has 1 aromatic heterocycles. The number of hydrogen-bond donors (Lipinski definition) is 0. The number of benzene rings is 2. The molecule has 0 bridgehead atoms. The fraction of sp³-hybridized carbons (Fsp3) is 0.304. The Morgan fingerprint density at radius 3 is 2.58 bits per heavy atom. The van der Waals surface area contributed by atoms with Crippen LogP contribution in [-0.2, 0) is 29.1 Å². The molecule has 1 aliphatic heterocycles. The van der Waals surface area contributed by atoms with Crippen molar-refractivity contribution in [1.29, 1.82) is 0 Å². The second-order valence-corrected chi connectivity index (χ2v) is 9.48. The van der Waals surface area contributed by atoms with Crippen LogP contribution < -0.4 is 9.47 Å². The minimum atomic E-state index is -3.51. The van der Waals surface area contributed by atoms with Gasteiger partial charge in [0.25, 0.3) is 0 Å². The topological polar surface area (TPSA) is 87.5 Å². The highest BCUT2D eigenvalue weighted by atomic mass is 32.2. The van der Waals surface area contributed by atoms with Gasteiger partial charge in [0, 0.05) is 24.6 Å². The van der Waals surface area contributed by atoms with Gasteiger partial charge in [0.2, 0.25) is 0 Å². The number of ether oxygens (including phenoxy) is 2. The summed E-state index contributed by atoms with van der Waals surface area (Å²) in [6, 6.07) is 12.5. The van der Waals surface area contributed by atoms with Crippen molar-refractivity contribution >= 4 is 15.6 Å². The largest absolute Gasteiger partial charge is 0.493 e. The van der Waals surface area contributed by atoms with Crippen LogP contribution in [0.5, 0.6) is 11.5 Å². The molecule has 0 saturated carbocycles. The number of ketones is 1. The number of methoxy groups -OCH3 is 2. The highest BCUT2D eigenvalue weighted by Crippen LogP contribution is 2.39. The van der Waals surface area contributed by atoms with Crippen molar-refractivity contribution in [2.45, 2.75) is 29.9 Å². The van der Waals surface area contributed by atoms with Gasteiger partial charge in [0.1, 0.15) is 5.69 Å². The van der Waals surface area contributed by atoms with Crippen molar-refractivity contribution < 1.29 is 22.7 Å². The molecule has 7 nitrogen and oxygen atoms in total. The fourth-order valence-electron chi connectivity index (χ4n) is 4.07. The van der Waals surface area contributed by atoms with Gasteiger partial charge < -0.3 is 9.47 Å². The summed E-state index contributed by atoms with van der Waals surface area (Å²) in [5.74, 6) is 0.953. The first-order valence-corrected chi connectivity index (χ1v) is 11.6. The lowest BCUT2D eigenvalue weighted by atomic mass is 10.0. The van der Waals surface area contributed by atoms with Crippen LogP contribution in [0, 0.1) is 0 Å². The molecule has 0 saturated heterocycles. The zero-order valence-electron chi connectivity index (χ0n) is 17.7. The van der Waals surface area contributed by atoms with E-state index in [0.29, 0.717) is 41.2 Å². The standard InChI is InChI=1S/C23H24N2O5S/c1-25-23-16-8-4-5-10-21(16)31(27,28)14-17(23)22(24-25)18(26)9-6-7-15-11-12-19(29-2)20(13-15)30-3/h4-5,8,10-13H,6-7,9,14H2,1-3H3. The van der Waals surface area contributed by atoms with Gasteiger partial charge in [0.15, 0.2) is 27.1 Å². The average molecular weight is 441 g/mol. The van der Waals surface area contributed by atoms with Gasteiger partial charge in [-0.2, -0.15) is 5.10 Å².